The van der Waals surface area contributed by atoms with Crippen LogP contribution in [-0.4, -0.2) is 12.2 Å². The molecular formula is C54H62O3. The summed E-state index contributed by atoms with van der Waals surface area (Å²) in [5, 5.41) is 0. The molecule has 3 heteroatoms. The maximum absolute atomic E-state index is 7.77. The van der Waals surface area contributed by atoms with E-state index in [0.717, 1.165) is 23.0 Å². The van der Waals surface area contributed by atoms with Gasteiger partial charge in [-0.15, -0.1) is 0 Å². The normalized spacial score (nSPS) is 13.1. The fourth-order valence-electron chi connectivity index (χ4n) is 8.11. The van der Waals surface area contributed by atoms with E-state index < -0.39 is 0 Å². The number of hydrogen-bond acceptors (Lipinski definition) is 3. The van der Waals surface area contributed by atoms with Gasteiger partial charge in [-0.05, 0) is 132 Å². The van der Waals surface area contributed by atoms with Crippen LogP contribution in [0, 0.1) is 13.8 Å². The van der Waals surface area contributed by atoms with E-state index in [1.807, 2.05) is 72.8 Å². The van der Waals surface area contributed by atoms with Crippen molar-refractivity contribution >= 4 is 0 Å². The predicted molar refractivity (Wildman–Crippen MR) is 239 cm³/mol. The van der Waals surface area contributed by atoms with Crippen LogP contribution in [0.2, 0.25) is 0 Å². The third-order valence-electron chi connectivity index (χ3n) is 11.8. The monoisotopic (exact) mass is 758 g/mol. The first-order valence-corrected chi connectivity index (χ1v) is 20.7. The number of benzene rings is 6. The lowest BCUT2D eigenvalue weighted by Gasteiger charge is -2.43. The molecule has 296 valence electrons. The second kappa shape index (κ2) is 18.0. The number of ether oxygens (including phenoxy) is 3. The Labute approximate surface area is 343 Å². The molecule has 0 fully saturated rings. The van der Waals surface area contributed by atoms with Crippen molar-refractivity contribution in [2.75, 3.05) is 0 Å². The van der Waals surface area contributed by atoms with Gasteiger partial charge in [0.25, 0.3) is 0 Å². The van der Waals surface area contributed by atoms with Crippen molar-refractivity contribution in [3.8, 4) is 23.0 Å². The SMILES string of the molecule is Cc1cc(C(C)(C)C(Cc2cccc(Oc3ccccc3)c2)OC(Cc2cccc(Oc3ccccc3)c2)C(C)(C)c2ccc(C(C)C)c(C)c2)ccc1C(C)C. The third kappa shape index (κ3) is 10.3. The van der Waals surface area contributed by atoms with Gasteiger partial charge in [-0.2, -0.15) is 0 Å². The van der Waals surface area contributed by atoms with Crippen molar-refractivity contribution in [2.24, 2.45) is 0 Å². The molecule has 0 bridgehead atoms. The summed E-state index contributed by atoms with van der Waals surface area (Å²) in [7, 11) is 0. The lowest BCUT2D eigenvalue weighted by Crippen LogP contribution is -2.46. The maximum Gasteiger partial charge on any atom is 0.127 e. The van der Waals surface area contributed by atoms with Gasteiger partial charge in [-0.3, -0.25) is 0 Å². The number of aryl methyl sites for hydroxylation is 2. The van der Waals surface area contributed by atoms with Crippen molar-refractivity contribution in [3.05, 3.63) is 190 Å². The highest BCUT2D eigenvalue weighted by atomic mass is 16.5. The highest BCUT2D eigenvalue weighted by molar-refractivity contribution is 5.41. The second-order valence-electron chi connectivity index (χ2n) is 17.5. The first kappa shape index (κ1) is 41.5. The van der Waals surface area contributed by atoms with Gasteiger partial charge in [-0.1, -0.05) is 152 Å². The average Bonchev–Trinajstić information content (AvgIpc) is 3.18. The first-order chi connectivity index (χ1) is 27.2. The van der Waals surface area contributed by atoms with E-state index in [-0.39, 0.29) is 23.0 Å². The first-order valence-electron chi connectivity index (χ1n) is 20.7. The van der Waals surface area contributed by atoms with Gasteiger partial charge in [0.2, 0.25) is 0 Å². The summed E-state index contributed by atoms with van der Waals surface area (Å²) >= 11 is 0. The van der Waals surface area contributed by atoms with Crippen molar-refractivity contribution in [1.29, 1.82) is 0 Å². The van der Waals surface area contributed by atoms with Crippen LogP contribution in [0.25, 0.3) is 0 Å². The van der Waals surface area contributed by atoms with Crippen LogP contribution < -0.4 is 9.47 Å². The summed E-state index contributed by atoms with van der Waals surface area (Å²) in [6, 6.07) is 51.1. The van der Waals surface area contributed by atoms with Gasteiger partial charge in [0.15, 0.2) is 0 Å². The zero-order valence-electron chi connectivity index (χ0n) is 35.8. The van der Waals surface area contributed by atoms with Crippen molar-refractivity contribution in [2.45, 2.75) is 117 Å². The van der Waals surface area contributed by atoms with Crippen molar-refractivity contribution < 1.29 is 14.2 Å². The van der Waals surface area contributed by atoms with Gasteiger partial charge in [0.05, 0.1) is 12.2 Å². The van der Waals surface area contributed by atoms with Gasteiger partial charge >= 0.3 is 0 Å². The molecule has 6 aromatic rings. The largest absolute Gasteiger partial charge is 0.457 e. The minimum Gasteiger partial charge on any atom is -0.457 e. The molecule has 0 aliphatic heterocycles. The topological polar surface area (TPSA) is 27.7 Å². The summed E-state index contributed by atoms with van der Waals surface area (Å²) in [5.41, 5.74) is 9.61. The molecule has 57 heavy (non-hydrogen) atoms. The Hall–Kier alpha value is -5.12. The van der Waals surface area contributed by atoms with Crippen molar-refractivity contribution in [1.82, 2.24) is 0 Å². The van der Waals surface area contributed by atoms with E-state index in [0.29, 0.717) is 24.7 Å². The Bertz CT molecular complexity index is 2060. The minimum atomic E-state index is -0.347. The molecule has 3 nitrogen and oxygen atoms in total. The Kier molecular flexibility index (Phi) is 13.1. The number of hydrogen-bond donors (Lipinski definition) is 0. The molecule has 2 atom stereocenters. The Balaban J connectivity index is 1.43. The molecule has 0 N–H and O–H groups in total. The van der Waals surface area contributed by atoms with Crippen LogP contribution in [0.1, 0.15) is 112 Å². The molecule has 2 unspecified atom stereocenters. The van der Waals surface area contributed by atoms with E-state index in [4.69, 9.17) is 14.2 Å². The molecule has 0 amide bonds. The molecular weight excluding hydrogens is 697 g/mol. The molecule has 6 rings (SSSR count). The van der Waals surface area contributed by atoms with Crippen LogP contribution in [0.3, 0.4) is 0 Å². The van der Waals surface area contributed by atoms with Crippen LogP contribution in [0.4, 0.5) is 0 Å². The number of rotatable bonds is 16. The standard InChI is InChI=1S/C54H62O3/c1-37(2)49-29-27-43(31-39(49)5)53(7,8)51(35-41-19-17-25-47(33-41)55-45-21-13-11-14-22-45)57-52(54(9,10)44-28-30-50(38(3)4)40(6)32-44)36-42-20-18-26-48(34-42)56-46-23-15-12-16-24-46/h11-34,37-38,51-52H,35-36H2,1-10H3. The summed E-state index contributed by atoms with van der Waals surface area (Å²) in [6.45, 7) is 23.0. The van der Waals surface area contributed by atoms with E-state index in [9.17, 15) is 0 Å². The maximum atomic E-state index is 7.77. The molecule has 0 spiro atoms. The van der Waals surface area contributed by atoms with Crippen molar-refractivity contribution in [3.63, 3.8) is 0 Å². The molecule has 0 aliphatic carbocycles. The van der Waals surface area contributed by atoms with Gasteiger partial charge in [0.1, 0.15) is 23.0 Å². The summed E-state index contributed by atoms with van der Waals surface area (Å²) in [6.07, 6.45) is 1.05. The van der Waals surface area contributed by atoms with E-state index >= 15 is 0 Å². The molecule has 0 saturated carbocycles. The molecule has 0 aliphatic rings. The fourth-order valence-corrected chi connectivity index (χ4v) is 8.11. The summed E-state index contributed by atoms with van der Waals surface area (Å²) in [5.74, 6) is 4.20. The van der Waals surface area contributed by atoms with E-state index in [1.54, 1.807) is 0 Å². The zero-order chi connectivity index (χ0) is 40.7. The molecule has 0 aromatic heterocycles. The third-order valence-corrected chi connectivity index (χ3v) is 11.8. The molecule has 0 saturated heterocycles. The Morgan fingerprint density at radius 3 is 1.14 bits per heavy atom. The molecule has 0 heterocycles. The smallest absolute Gasteiger partial charge is 0.127 e. The lowest BCUT2D eigenvalue weighted by atomic mass is 9.73. The minimum absolute atomic E-state index is 0.183. The fraction of sp³-hybridized carbons (Fsp3) is 0.333. The zero-order valence-corrected chi connectivity index (χ0v) is 35.8. The highest BCUT2D eigenvalue weighted by Gasteiger charge is 2.40. The van der Waals surface area contributed by atoms with Gasteiger partial charge < -0.3 is 14.2 Å². The molecule has 6 aromatic carbocycles. The quantitative estimate of drug-likeness (QED) is 0.0984. The Morgan fingerprint density at radius 2 is 0.789 bits per heavy atom. The lowest BCUT2D eigenvalue weighted by molar-refractivity contribution is -0.0753. The summed E-state index contributed by atoms with van der Waals surface area (Å²) in [4.78, 5) is 0. The van der Waals surface area contributed by atoms with Crippen LogP contribution in [0.15, 0.2) is 146 Å². The second-order valence-corrected chi connectivity index (χ2v) is 17.5. The van der Waals surface area contributed by atoms with Crippen LogP contribution in [-0.2, 0) is 28.4 Å². The van der Waals surface area contributed by atoms with Gasteiger partial charge in [-0.25, -0.2) is 0 Å². The van der Waals surface area contributed by atoms with E-state index in [2.05, 4.69) is 142 Å². The van der Waals surface area contributed by atoms with Crippen LogP contribution in [0.5, 0.6) is 23.0 Å². The van der Waals surface area contributed by atoms with Gasteiger partial charge in [0, 0.05) is 10.8 Å². The number of para-hydroxylation sites is 2. The molecule has 0 radical (unpaired) electrons. The highest BCUT2D eigenvalue weighted by Crippen LogP contribution is 2.40. The average molecular weight is 759 g/mol. The van der Waals surface area contributed by atoms with E-state index in [1.165, 1.54) is 44.5 Å². The Morgan fingerprint density at radius 1 is 0.421 bits per heavy atom. The predicted octanol–water partition coefficient (Wildman–Crippen LogP) is 14.6. The summed E-state index contributed by atoms with van der Waals surface area (Å²) < 4.78 is 20.4. The van der Waals surface area contributed by atoms with Crippen LogP contribution >= 0.6 is 0 Å².